The quantitative estimate of drug-likeness (QED) is 0.453. The molecule has 0 atom stereocenters. The summed E-state index contributed by atoms with van der Waals surface area (Å²) >= 11 is 6.07. The lowest BCUT2D eigenvalue weighted by Crippen LogP contribution is -2.30. The van der Waals surface area contributed by atoms with E-state index < -0.39 is 17.6 Å². The van der Waals surface area contributed by atoms with Crippen LogP contribution in [0.5, 0.6) is 0 Å². The molecule has 1 amide bonds. The highest BCUT2D eigenvalue weighted by atomic mass is 35.5. The summed E-state index contributed by atoms with van der Waals surface area (Å²) in [5.74, 6) is 0.0456. The molecule has 0 saturated carbocycles. The largest absolute Gasteiger partial charge is 0.416 e. The summed E-state index contributed by atoms with van der Waals surface area (Å²) < 4.78 is 47.4. The van der Waals surface area contributed by atoms with Gasteiger partial charge in [-0.15, -0.1) is 5.10 Å². The van der Waals surface area contributed by atoms with Crippen LogP contribution >= 0.6 is 11.6 Å². The summed E-state index contributed by atoms with van der Waals surface area (Å²) in [6.45, 7) is 3.98. The molecule has 0 saturated heterocycles. The van der Waals surface area contributed by atoms with Gasteiger partial charge in [0.1, 0.15) is 6.54 Å². The van der Waals surface area contributed by atoms with Gasteiger partial charge in [0.2, 0.25) is 11.7 Å². The molecule has 5 rings (SSSR count). The summed E-state index contributed by atoms with van der Waals surface area (Å²) in [6, 6.07) is 2.74. The van der Waals surface area contributed by atoms with Crippen LogP contribution in [0, 0.1) is 0 Å². The number of anilines is 1. The number of carbonyl (C=O) groups is 1. The van der Waals surface area contributed by atoms with Crippen molar-refractivity contribution in [2.24, 2.45) is 0 Å². The molecule has 3 aromatic rings. The van der Waals surface area contributed by atoms with Crippen LogP contribution in [-0.2, 0) is 28.7 Å². The van der Waals surface area contributed by atoms with E-state index in [1.165, 1.54) is 4.52 Å². The Morgan fingerprint density at radius 1 is 1.23 bits per heavy atom. The van der Waals surface area contributed by atoms with Crippen molar-refractivity contribution in [2.45, 2.75) is 45.3 Å². The van der Waals surface area contributed by atoms with Gasteiger partial charge in [0.25, 0.3) is 5.56 Å². The highest BCUT2D eigenvalue weighted by Crippen LogP contribution is 2.34. The van der Waals surface area contributed by atoms with Crippen molar-refractivity contribution >= 4 is 40.1 Å². The van der Waals surface area contributed by atoms with E-state index in [0.29, 0.717) is 56.1 Å². The third-order valence-corrected chi connectivity index (χ3v) is 7.24. The van der Waals surface area contributed by atoms with Gasteiger partial charge in [-0.3, -0.25) is 9.59 Å². The van der Waals surface area contributed by atoms with Gasteiger partial charge >= 0.3 is 6.18 Å². The van der Waals surface area contributed by atoms with Crippen molar-refractivity contribution in [2.75, 3.05) is 31.6 Å². The molecule has 2 N–H and O–H groups in total. The molecular formula is C27H28ClF3N6O3. The number of carbonyl (C=O) groups excluding carboxylic acids is 1. The molecule has 0 radical (unpaired) electrons. The fourth-order valence-electron chi connectivity index (χ4n) is 4.98. The third kappa shape index (κ3) is 5.70. The number of ether oxygens (including phenoxy) is 1. The van der Waals surface area contributed by atoms with Crippen LogP contribution in [0.25, 0.3) is 16.9 Å². The Morgan fingerprint density at radius 3 is 2.75 bits per heavy atom. The number of nitrogens with zero attached hydrogens (tertiary/aromatic N) is 4. The summed E-state index contributed by atoms with van der Waals surface area (Å²) in [7, 11) is 0. The number of hydrogen-bond donors (Lipinski definition) is 2. The molecule has 0 unspecified atom stereocenters. The van der Waals surface area contributed by atoms with Crippen LogP contribution in [0.4, 0.5) is 18.9 Å². The predicted octanol–water partition coefficient (Wildman–Crippen LogP) is 4.33. The standard InChI is InChI=1S/C27H28ClF3N6O3/c1-2-21-23(16-4-3-10-32-11-7-16)25(39)37-26(34-24(35-37)17-8-12-40-13-9-17)36(21)15-22(38)33-20-6-5-18(14-19(20)28)27(29,30)31/h5-8,14,32H,2-4,9-13,15H2,1H3,(H,33,38). The van der Waals surface area contributed by atoms with Gasteiger partial charge < -0.3 is 19.9 Å². The number of aromatic nitrogens is 4. The zero-order valence-corrected chi connectivity index (χ0v) is 22.5. The predicted molar refractivity (Wildman–Crippen MR) is 145 cm³/mol. The Morgan fingerprint density at radius 2 is 2.05 bits per heavy atom. The first-order chi connectivity index (χ1) is 19.2. The van der Waals surface area contributed by atoms with Crippen LogP contribution in [0.1, 0.15) is 48.8 Å². The van der Waals surface area contributed by atoms with E-state index in [2.05, 4.69) is 20.7 Å². The molecule has 0 fully saturated rings. The lowest BCUT2D eigenvalue weighted by atomic mass is 9.99. The molecule has 0 aliphatic carbocycles. The minimum Gasteiger partial charge on any atom is -0.377 e. The molecule has 212 valence electrons. The minimum absolute atomic E-state index is 0.0436. The average molecular weight is 577 g/mol. The van der Waals surface area contributed by atoms with Gasteiger partial charge in [0, 0.05) is 12.2 Å². The molecule has 40 heavy (non-hydrogen) atoms. The van der Waals surface area contributed by atoms with E-state index in [9.17, 15) is 22.8 Å². The van der Waals surface area contributed by atoms with Crippen LogP contribution < -0.4 is 16.2 Å². The molecule has 1 aromatic carbocycles. The van der Waals surface area contributed by atoms with E-state index in [-0.39, 0.29) is 28.6 Å². The molecule has 9 nitrogen and oxygen atoms in total. The van der Waals surface area contributed by atoms with E-state index in [1.807, 2.05) is 19.1 Å². The molecule has 2 aliphatic rings. The lowest BCUT2D eigenvalue weighted by molar-refractivity contribution is -0.137. The monoisotopic (exact) mass is 576 g/mol. The number of allylic oxidation sites excluding steroid dienone is 1. The second kappa shape index (κ2) is 11.6. The first kappa shape index (κ1) is 28.1. The van der Waals surface area contributed by atoms with Crippen molar-refractivity contribution in [3.8, 4) is 0 Å². The molecule has 2 aliphatic heterocycles. The Kier molecular flexibility index (Phi) is 8.11. The number of amides is 1. The fourth-order valence-corrected chi connectivity index (χ4v) is 5.21. The van der Waals surface area contributed by atoms with E-state index >= 15 is 0 Å². The van der Waals surface area contributed by atoms with Gasteiger partial charge in [-0.1, -0.05) is 30.7 Å². The maximum atomic E-state index is 13.8. The van der Waals surface area contributed by atoms with E-state index in [0.717, 1.165) is 42.3 Å². The second-order valence-electron chi connectivity index (χ2n) is 9.55. The van der Waals surface area contributed by atoms with Crippen molar-refractivity contribution < 1.29 is 22.7 Å². The van der Waals surface area contributed by atoms with E-state index in [1.54, 1.807) is 4.57 Å². The smallest absolute Gasteiger partial charge is 0.377 e. The third-order valence-electron chi connectivity index (χ3n) is 6.92. The van der Waals surface area contributed by atoms with Crippen LogP contribution in [0.3, 0.4) is 0 Å². The topological polar surface area (TPSA) is 103 Å². The molecule has 2 aromatic heterocycles. The Bertz CT molecular complexity index is 1570. The zero-order valence-electron chi connectivity index (χ0n) is 21.8. The second-order valence-corrected chi connectivity index (χ2v) is 9.95. The number of alkyl halides is 3. The zero-order chi connectivity index (χ0) is 28.4. The summed E-state index contributed by atoms with van der Waals surface area (Å²) in [6.07, 6.45) is 1.83. The van der Waals surface area contributed by atoms with Crippen LogP contribution in [0.2, 0.25) is 5.02 Å². The molecule has 4 heterocycles. The van der Waals surface area contributed by atoms with Gasteiger partial charge in [0.05, 0.1) is 35.1 Å². The van der Waals surface area contributed by atoms with Gasteiger partial charge in [0.15, 0.2) is 5.82 Å². The van der Waals surface area contributed by atoms with Gasteiger partial charge in [-0.05, 0) is 61.6 Å². The lowest BCUT2D eigenvalue weighted by Gasteiger charge is -2.19. The Labute approximate surface area is 232 Å². The summed E-state index contributed by atoms with van der Waals surface area (Å²) in [4.78, 5) is 31.8. The first-order valence-corrected chi connectivity index (χ1v) is 13.4. The number of halogens is 4. The van der Waals surface area contributed by atoms with Crippen molar-refractivity contribution in [3.05, 3.63) is 68.4 Å². The number of rotatable bonds is 6. The number of benzene rings is 1. The van der Waals surface area contributed by atoms with Crippen molar-refractivity contribution in [1.82, 2.24) is 24.5 Å². The maximum absolute atomic E-state index is 13.8. The summed E-state index contributed by atoms with van der Waals surface area (Å²) in [5, 5.41) is 10.2. The molecule has 0 spiro atoms. The molecule has 13 heteroatoms. The number of fused-ring (bicyclic) bond motifs is 1. The maximum Gasteiger partial charge on any atom is 0.416 e. The van der Waals surface area contributed by atoms with Crippen LogP contribution in [-0.4, -0.2) is 51.4 Å². The minimum atomic E-state index is -4.56. The molecular weight excluding hydrogens is 549 g/mol. The highest BCUT2D eigenvalue weighted by Gasteiger charge is 2.31. The van der Waals surface area contributed by atoms with E-state index in [4.69, 9.17) is 16.3 Å². The summed E-state index contributed by atoms with van der Waals surface area (Å²) in [5.41, 5.74) is 1.64. The normalized spacial score (nSPS) is 16.4. The Balaban J connectivity index is 1.59. The van der Waals surface area contributed by atoms with Crippen molar-refractivity contribution in [1.29, 1.82) is 0 Å². The van der Waals surface area contributed by atoms with Crippen LogP contribution in [0.15, 0.2) is 35.1 Å². The van der Waals surface area contributed by atoms with Gasteiger partial charge in [-0.25, -0.2) is 0 Å². The van der Waals surface area contributed by atoms with Gasteiger partial charge in [-0.2, -0.15) is 22.7 Å². The SMILES string of the molecule is CCc1c(C2=CCNCCC2)c(=O)n2nc(C3=CCOCC3)nc2n1CC(=O)Nc1ccc(C(F)(F)F)cc1Cl. The van der Waals surface area contributed by atoms with Crippen molar-refractivity contribution in [3.63, 3.8) is 0 Å². The Hall–Kier alpha value is -3.48. The molecule has 0 bridgehead atoms. The highest BCUT2D eigenvalue weighted by molar-refractivity contribution is 6.33. The number of nitrogens with one attached hydrogen (secondary N) is 2. The number of hydrogen-bond acceptors (Lipinski definition) is 6. The average Bonchev–Trinajstić information content (AvgIpc) is 3.21. The first-order valence-electron chi connectivity index (χ1n) is 13.0. The fraction of sp³-hybridized carbons (Fsp3) is 0.407.